The van der Waals surface area contributed by atoms with Gasteiger partial charge in [-0.2, -0.15) is 0 Å². The van der Waals surface area contributed by atoms with Gasteiger partial charge in [0.25, 0.3) is 0 Å². The molecule has 1 amide bonds. The molecule has 6 nitrogen and oxygen atoms in total. The topological polar surface area (TPSA) is 69.0 Å². The summed E-state index contributed by atoms with van der Waals surface area (Å²) < 4.78 is 7.06. The zero-order valence-electron chi connectivity index (χ0n) is 14.5. The van der Waals surface area contributed by atoms with Gasteiger partial charge in [-0.15, -0.1) is 10.2 Å². The maximum absolute atomic E-state index is 12.2. The Hall–Kier alpha value is -2.02. The number of rotatable bonds is 6. The van der Waals surface area contributed by atoms with Gasteiger partial charge >= 0.3 is 0 Å². The summed E-state index contributed by atoms with van der Waals surface area (Å²) in [7, 11) is 1.64. The highest BCUT2D eigenvalue weighted by Gasteiger charge is 2.16. The van der Waals surface area contributed by atoms with Crippen LogP contribution in [0.3, 0.4) is 0 Å². The van der Waals surface area contributed by atoms with E-state index in [0.29, 0.717) is 17.0 Å². The Kier molecular flexibility index (Phi) is 6.33. The molecule has 0 bridgehead atoms. The van der Waals surface area contributed by atoms with Crippen LogP contribution in [0.4, 0.5) is 0 Å². The summed E-state index contributed by atoms with van der Waals surface area (Å²) in [4.78, 5) is 12.2. The lowest BCUT2D eigenvalue weighted by Gasteiger charge is -2.16. The molecule has 1 N–H and O–H groups in total. The van der Waals surface area contributed by atoms with Crippen LogP contribution in [0.5, 0.6) is 5.75 Å². The van der Waals surface area contributed by atoms with E-state index in [0.717, 1.165) is 24.3 Å². The van der Waals surface area contributed by atoms with E-state index < -0.39 is 0 Å². The first-order valence-electron chi connectivity index (χ1n) is 8.73. The predicted molar refractivity (Wildman–Crippen MR) is 98.3 cm³/mol. The summed E-state index contributed by atoms with van der Waals surface area (Å²) >= 11 is 1.41. The van der Waals surface area contributed by atoms with E-state index in [1.165, 1.54) is 37.4 Å². The molecule has 1 aliphatic carbocycles. The number of carbonyl (C=O) groups is 1. The van der Waals surface area contributed by atoms with Crippen molar-refractivity contribution in [3.8, 4) is 11.4 Å². The van der Waals surface area contributed by atoms with Crippen LogP contribution in [-0.2, 0) is 4.79 Å². The quantitative estimate of drug-likeness (QED) is 0.633. The fourth-order valence-electron chi connectivity index (χ4n) is 3.07. The first kappa shape index (κ1) is 17.8. The van der Waals surface area contributed by atoms with Crippen molar-refractivity contribution in [2.75, 3.05) is 12.9 Å². The van der Waals surface area contributed by atoms with Crippen LogP contribution in [0.1, 0.15) is 38.5 Å². The molecule has 3 rings (SSSR count). The normalized spacial score (nSPS) is 15.6. The number of hydrogen-bond acceptors (Lipinski definition) is 5. The molecule has 25 heavy (non-hydrogen) atoms. The van der Waals surface area contributed by atoms with Crippen LogP contribution in [-0.4, -0.2) is 39.6 Å². The van der Waals surface area contributed by atoms with E-state index in [9.17, 15) is 4.79 Å². The predicted octanol–water partition coefficient (Wildman–Crippen LogP) is 3.21. The fourth-order valence-corrected chi connectivity index (χ4v) is 3.81. The van der Waals surface area contributed by atoms with Gasteiger partial charge in [0.2, 0.25) is 5.91 Å². The van der Waals surface area contributed by atoms with Crippen LogP contribution in [0.15, 0.2) is 35.7 Å². The summed E-state index contributed by atoms with van der Waals surface area (Å²) in [5.74, 6) is 1.22. The molecule has 0 spiro atoms. The second kappa shape index (κ2) is 8.89. The minimum atomic E-state index is 0.0705. The summed E-state index contributed by atoms with van der Waals surface area (Å²) in [5, 5.41) is 12.0. The molecule has 1 saturated carbocycles. The summed E-state index contributed by atoms with van der Waals surface area (Å²) in [6.45, 7) is 0. The van der Waals surface area contributed by atoms with E-state index in [-0.39, 0.29) is 5.91 Å². The van der Waals surface area contributed by atoms with Crippen molar-refractivity contribution < 1.29 is 9.53 Å². The molecule has 1 heterocycles. The molecule has 0 aliphatic heterocycles. The fraction of sp³-hybridized carbons (Fsp3) is 0.500. The molecule has 2 aromatic rings. The van der Waals surface area contributed by atoms with Gasteiger partial charge in [-0.3, -0.25) is 9.36 Å². The third-order valence-corrected chi connectivity index (χ3v) is 5.36. The molecule has 0 saturated heterocycles. The Morgan fingerprint density at radius 3 is 2.64 bits per heavy atom. The van der Waals surface area contributed by atoms with Crippen LogP contribution in [0.25, 0.3) is 5.69 Å². The minimum absolute atomic E-state index is 0.0705. The van der Waals surface area contributed by atoms with Crippen LogP contribution in [0.2, 0.25) is 0 Å². The lowest BCUT2D eigenvalue weighted by Crippen LogP contribution is -2.35. The number of benzene rings is 1. The van der Waals surface area contributed by atoms with Gasteiger partial charge in [0, 0.05) is 11.7 Å². The number of hydrogen-bond donors (Lipinski definition) is 1. The zero-order chi connectivity index (χ0) is 17.5. The minimum Gasteiger partial charge on any atom is -0.497 e. The van der Waals surface area contributed by atoms with Crippen molar-refractivity contribution in [1.82, 2.24) is 20.1 Å². The Labute approximate surface area is 152 Å². The highest BCUT2D eigenvalue weighted by Crippen LogP contribution is 2.22. The molecular weight excluding hydrogens is 336 g/mol. The summed E-state index contributed by atoms with van der Waals surface area (Å²) in [6.07, 6.45) is 8.84. The number of aromatic nitrogens is 3. The van der Waals surface area contributed by atoms with Crippen molar-refractivity contribution in [2.45, 2.75) is 49.7 Å². The standard InChI is InChI=1S/C18H24N4O2S/c1-24-16-10-8-15(9-11-16)22-13-19-21-18(22)25-12-17(23)20-14-6-4-2-3-5-7-14/h8-11,13-14H,2-7,12H2,1H3,(H,20,23). The molecule has 1 aromatic heterocycles. The zero-order valence-corrected chi connectivity index (χ0v) is 15.3. The van der Waals surface area contributed by atoms with Gasteiger partial charge in [0.15, 0.2) is 5.16 Å². The Balaban J connectivity index is 1.56. The monoisotopic (exact) mass is 360 g/mol. The van der Waals surface area contributed by atoms with Crippen molar-refractivity contribution in [2.24, 2.45) is 0 Å². The SMILES string of the molecule is COc1ccc(-n2cnnc2SCC(=O)NC2CCCCCC2)cc1. The maximum atomic E-state index is 12.2. The molecule has 0 unspecified atom stereocenters. The van der Waals surface area contributed by atoms with Crippen molar-refractivity contribution in [3.05, 3.63) is 30.6 Å². The van der Waals surface area contributed by atoms with E-state index in [4.69, 9.17) is 4.74 Å². The van der Waals surface area contributed by atoms with E-state index in [1.54, 1.807) is 13.4 Å². The first-order valence-corrected chi connectivity index (χ1v) is 9.71. The van der Waals surface area contributed by atoms with Crippen LogP contribution < -0.4 is 10.1 Å². The van der Waals surface area contributed by atoms with Gasteiger partial charge in [-0.05, 0) is 37.1 Å². The number of amides is 1. The van der Waals surface area contributed by atoms with Gasteiger partial charge in [-0.1, -0.05) is 37.4 Å². The maximum Gasteiger partial charge on any atom is 0.230 e. The molecule has 1 fully saturated rings. The van der Waals surface area contributed by atoms with Gasteiger partial charge in [0.1, 0.15) is 12.1 Å². The van der Waals surface area contributed by atoms with E-state index >= 15 is 0 Å². The number of nitrogens with one attached hydrogen (secondary N) is 1. The molecule has 1 aliphatic rings. The number of nitrogens with zero attached hydrogens (tertiary/aromatic N) is 3. The van der Waals surface area contributed by atoms with Gasteiger partial charge in [0.05, 0.1) is 12.9 Å². The Morgan fingerprint density at radius 1 is 1.24 bits per heavy atom. The average Bonchev–Trinajstić information content (AvgIpc) is 2.96. The second-order valence-electron chi connectivity index (χ2n) is 6.23. The van der Waals surface area contributed by atoms with Crippen LogP contribution >= 0.6 is 11.8 Å². The van der Waals surface area contributed by atoms with Crippen LogP contribution in [0, 0.1) is 0 Å². The first-order chi connectivity index (χ1) is 12.3. The third kappa shape index (κ3) is 4.98. The Bertz CT molecular complexity index is 679. The number of carbonyl (C=O) groups excluding carboxylic acids is 1. The number of thioether (sulfide) groups is 1. The highest BCUT2D eigenvalue weighted by molar-refractivity contribution is 7.99. The van der Waals surface area contributed by atoms with Gasteiger partial charge < -0.3 is 10.1 Å². The molecule has 0 atom stereocenters. The average molecular weight is 360 g/mol. The second-order valence-corrected chi connectivity index (χ2v) is 7.17. The highest BCUT2D eigenvalue weighted by atomic mass is 32.2. The van der Waals surface area contributed by atoms with Crippen molar-refractivity contribution in [1.29, 1.82) is 0 Å². The molecule has 7 heteroatoms. The van der Waals surface area contributed by atoms with Crippen molar-refractivity contribution in [3.63, 3.8) is 0 Å². The number of ether oxygens (including phenoxy) is 1. The van der Waals surface area contributed by atoms with Crippen molar-refractivity contribution >= 4 is 17.7 Å². The number of methoxy groups -OCH3 is 1. The smallest absolute Gasteiger partial charge is 0.230 e. The summed E-state index contributed by atoms with van der Waals surface area (Å²) in [6, 6.07) is 8.00. The summed E-state index contributed by atoms with van der Waals surface area (Å²) in [5.41, 5.74) is 0.942. The van der Waals surface area contributed by atoms with Gasteiger partial charge in [-0.25, -0.2) is 0 Å². The molecule has 134 valence electrons. The lowest BCUT2D eigenvalue weighted by molar-refractivity contribution is -0.119. The molecule has 0 radical (unpaired) electrons. The van der Waals surface area contributed by atoms with E-state index in [2.05, 4.69) is 15.5 Å². The molecular formula is C18H24N4O2S. The Morgan fingerprint density at radius 2 is 1.96 bits per heavy atom. The largest absolute Gasteiger partial charge is 0.497 e. The third-order valence-electron chi connectivity index (χ3n) is 4.42. The molecule has 1 aromatic carbocycles. The van der Waals surface area contributed by atoms with E-state index in [1.807, 2.05) is 28.8 Å². The lowest BCUT2D eigenvalue weighted by atomic mass is 10.1.